The first-order valence-electron chi connectivity index (χ1n) is 8.43. The van der Waals surface area contributed by atoms with Crippen LogP contribution in [0.25, 0.3) is 11.4 Å². The van der Waals surface area contributed by atoms with E-state index in [1.54, 1.807) is 19.1 Å². The Kier molecular flexibility index (Phi) is 6.25. The number of aryl methyl sites for hydroxylation is 1. The second-order valence-electron chi connectivity index (χ2n) is 5.96. The molecule has 3 aromatic rings. The van der Waals surface area contributed by atoms with Crippen molar-refractivity contribution in [2.45, 2.75) is 30.9 Å². The molecule has 1 amide bonds. The van der Waals surface area contributed by atoms with Gasteiger partial charge >= 0.3 is 6.61 Å². The maximum absolute atomic E-state index is 12.5. The summed E-state index contributed by atoms with van der Waals surface area (Å²) in [6.45, 7) is 0.702. The van der Waals surface area contributed by atoms with Gasteiger partial charge in [0.15, 0.2) is 5.82 Å². The number of thioether (sulfide) groups is 1. The van der Waals surface area contributed by atoms with Gasteiger partial charge < -0.3 is 10.1 Å². The van der Waals surface area contributed by atoms with Crippen molar-refractivity contribution >= 4 is 23.4 Å². The molecule has 1 aromatic heterocycles. The van der Waals surface area contributed by atoms with Crippen LogP contribution in [0.3, 0.4) is 0 Å². The number of H-pyrrole nitrogens is 1. The van der Waals surface area contributed by atoms with Crippen LogP contribution in [0, 0.1) is 6.92 Å². The first kappa shape index (κ1) is 19.8. The van der Waals surface area contributed by atoms with Gasteiger partial charge in [-0.2, -0.15) is 8.78 Å². The fraction of sp³-hybridized carbons (Fsp3) is 0.211. The van der Waals surface area contributed by atoms with Crippen molar-refractivity contribution < 1.29 is 18.3 Å². The number of amides is 1. The summed E-state index contributed by atoms with van der Waals surface area (Å²) in [7, 11) is 0. The molecule has 0 saturated carbocycles. The van der Waals surface area contributed by atoms with E-state index in [2.05, 4.69) is 25.2 Å². The first-order valence-corrected chi connectivity index (χ1v) is 9.31. The summed E-state index contributed by atoms with van der Waals surface area (Å²) in [5.74, 6) is 0.130. The number of benzene rings is 2. The minimum atomic E-state index is -2.97. The van der Waals surface area contributed by atoms with Gasteiger partial charge in [-0.15, -0.1) is 5.10 Å². The number of alkyl halides is 2. The van der Waals surface area contributed by atoms with Crippen molar-refractivity contribution in [3.8, 4) is 17.1 Å². The molecule has 6 nitrogen and oxygen atoms in total. The quantitative estimate of drug-likeness (QED) is 0.567. The number of nitrogens with one attached hydrogen (secondary N) is 2. The fourth-order valence-corrected chi connectivity index (χ4v) is 3.08. The summed E-state index contributed by atoms with van der Waals surface area (Å²) in [6, 6.07) is 13.8. The third-order valence-electron chi connectivity index (χ3n) is 3.80. The summed E-state index contributed by atoms with van der Waals surface area (Å²) in [5, 5.41) is 9.43. The molecule has 0 aliphatic rings. The zero-order chi connectivity index (χ0) is 20.1. The number of aromatic amines is 1. The van der Waals surface area contributed by atoms with E-state index < -0.39 is 11.9 Å². The molecule has 9 heteroatoms. The number of hydrogen-bond donors (Lipinski definition) is 2. The van der Waals surface area contributed by atoms with Crippen LogP contribution >= 0.6 is 11.8 Å². The Hall–Kier alpha value is -2.94. The van der Waals surface area contributed by atoms with E-state index in [1.165, 1.54) is 12.1 Å². The van der Waals surface area contributed by atoms with Gasteiger partial charge in [0.25, 0.3) is 0 Å². The average molecular weight is 404 g/mol. The standard InChI is InChI=1S/C19H18F2N4O2S/c1-11-7-9-13(10-8-11)16-23-19(25-24-16)28-12(2)17(26)22-14-5-3-4-6-15(14)27-18(20)21/h3-10,12,18H,1-2H3,(H,22,26)(H,23,24,25)/t12-/m1/s1. The van der Waals surface area contributed by atoms with Crippen molar-refractivity contribution in [2.75, 3.05) is 5.32 Å². The Morgan fingerprint density at radius 1 is 1.18 bits per heavy atom. The van der Waals surface area contributed by atoms with Crippen LogP contribution in [0.4, 0.5) is 14.5 Å². The van der Waals surface area contributed by atoms with Gasteiger partial charge in [-0.25, -0.2) is 4.98 Å². The summed E-state index contributed by atoms with van der Waals surface area (Å²) in [6.07, 6.45) is 0. The van der Waals surface area contributed by atoms with E-state index in [9.17, 15) is 13.6 Å². The molecule has 0 aliphatic carbocycles. The van der Waals surface area contributed by atoms with Crippen LogP contribution in [0.1, 0.15) is 12.5 Å². The van der Waals surface area contributed by atoms with Crippen molar-refractivity contribution in [2.24, 2.45) is 0 Å². The fourth-order valence-electron chi connectivity index (χ4n) is 2.35. The molecule has 0 unspecified atom stereocenters. The molecule has 0 radical (unpaired) electrons. The van der Waals surface area contributed by atoms with E-state index in [0.29, 0.717) is 11.0 Å². The lowest BCUT2D eigenvalue weighted by molar-refractivity contribution is -0.115. The minimum Gasteiger partial charge on any atom is -0.433 e. The predicted molar refractivity (Wildman–Crippen MR) is 104 cm³/mol. The van der Waals surface area contributed by atoms with Crippen molar-refractivity contribution in [1.82, 2.24) is 15.2 Å². The molecule has 28 heavy (non-hydrogen) atoms. The highest BCUT2D eigenvalue weighted by atomic mass is 32.2. The topological polar surface area (TPSA) is 79.9 Å². The number of nitrogens with zero attached hydrogens (tertiary/aromatic N) is 2. The number of hydrogen-bond acceptors (Lipinski definition) is 5. The summed E-state index contributed by atoms with van der Waals surface area (Å²) in [5.41, 5.74) is 2.20. The highest BCUT2D eigenvalue weighted by Crippen LogP contribution is 2.28. The molecule has 146 valence electrons. The number of rotatable bonds is 7. The monoisotopic (exact) mass is 404 g/mol. The smallest absolute Gasteiger partial charge is 0.387 e. The molecule has 0 spiro atoms. The van der Waals surface area contributed by atoms with E-state index in [1.807, 2.05) is 31.2 Å². The Balaban J connectivity index is 1.64. The second-order valence-corrected chi connectivity index (χ2v) is 7.26. The van der Waals surface area contributed by atoms with Crippen molar-refractivity contribution in [1.29, 1.82) is 0 Å². The van der Waals surface area contributed by atoms with Gasteiger partial charge in [0, 0.05) is 5.56 Å². The highest BCUT2D eigenvalue weighted by molar-refractivity contribution is 8.00. The molecule has 2 aromatic carbocycles. The largest absolute Gasteiger partial charge is 0.433 e. The van der Waals surface area contributed by atoms with Crippen LogP contribution in [-0.2, 0) is 4.79 Å². The second kappa shape index (κ2) is 8.83. The third kappa shape index (κ3) is 5.07. The van der Waals surface area contributed by atoms with Gasteiger partial charge in [0.05, 0.1) is 10.9 Å². The summed E-state index contributed by atoms with van der Waals surface area (Å²) >= 11 is 1.15. The lowest BCUT2D eigenvalue weighted by Crippen LogP contribution is -2.23. The number of para-hydroxylation sites is 2. The SMILES string of the molecule is Cc1ccc(-c2nc(S[C@H](C)C(=O)Nc3ccccc3OC(F)F)n[nH]2)cc1. The minimum absolute atomic E-state index is 0.0948. The van der Waals surface area contributed by atoms with Crippen LogP contribution in [0.2, 0.25) is 0 Å². The van der Waals surface area contributed by atoms with Gasteiger partial charge in [0.2, 0.25) is 11.1 Å². The summed E-state index contributed by atoms with van der Waals surface area (Å²) < 4.78 is 29.4. The zero-order valence-corrected chi connectivity index (χ0v) is 16.0. The van der Waals surface area contributed by atoms with Gasteiger partial charge in [-0.3, -0.25) is 9.89 Å². The molecule has 0 saturated heterocycles. The molecule has 0 fully saturated rings. The van der Waals surface area contributed by atoms with Gasteiger partial charge in [-0.05, 0) is 26.0 Å². The Bertz CT molecular complexity index is 947. The van der Waals surface area contributed by atoms with E-state index >= 15 is 0 Å². The van der Waals surface area contributed by atoms with Crippen LogP contribution in [0.15, 0.2) is 53.7 Å². The van der Waals surface area contributed by atoms with Crippen LogP contribution in [-0.4, -0.2) is 32.9 Å². The number of aromatic nitrogens is 3. The normalized spacial score (nSPS) is 12.0. The summed E-state index contributed by atoms with van der Waals surface area (Å²) in [4.78, 5) is 16.8. The average Bonchev–Trinajstić information content (AvgIpc) is 3.12. The van der Waals surface area contributed by atoms with Crippen molar-refractivity contribution in [3.05, 3.63) is 54.1 Å². The highest BCUT2D eigenvalue weighted by Gasteiger charge is 2.19. The Labute approximate surface area is 164 Å². The zero-order valence-electron chi connectivity index (χ0n) is 15.1. The van der Waals surface area contributed by atoms with Gasteiger partial charge in [0.1, 0.15) is 5.75 Å². The molecule has 1 atom stereocenters. The van der Waals surface area contributed by atoms with Crippen molar-refractivity contribution in [3.63, 3.8) is 0 Å². The molecule has 0 bridgehead atoms. The number of carbonyl (C=O) groups excluding carboxylic acids is 1. The maximum Gasteiger partial charge on any atom is 0.387 e. The number of halogens is 2. The Morgan fingerprint density at radius 3 is 2.61 bits per heavy atom. The molecule has 3 rings (SSSR count). The first-order chi connectivity index (χ1) is 13.4. The third-order valence-corrected chi connectivity index (χ3v) is 4.76. The number of anilines is 1. The molecular weight excluding hydrogens is 386 g/mol. The van der Waals surface area contributed by atoms with E-state index in [4.69, 9.17) is 0 Å². The number of carbonyl (C=O) groups is 1. The lowest BCUT2D eigenvalue weighted by Gasteiger charge is -2.14. The number of ether oxygens (including phenoxy) is 1. The Morgan fingerprint density at radius 2 is 1.89 bits per heavy atom. The molecule has 1 heterocycles. The van der Waals surface area contributed by atoms with E-state index in [0.717, 1.165) is 22.9 Å². The predicted octanol–water partition coefficient (Wildman–Crippen LogP) is 4.50. The molecule has 2 N–H and O–H groups in total. The van der Waals surface area contributed by atoms with E-state index in [-0.39, 0.29) is 17.3 Å². The van der Waals surface area contributed by atoms with Crippen LogP contribution < -0.4 is 10.1 Å². The maximum atomic E-state index is 12.5. The molecular formula is C19H18F2N4O2S. The van der Waals surface area contributed by atoms with Crippen LogP contribution in [0.5, 0.6) is 5.75 Å². The molecule has 0 aliphatic heterocycles. The lowest BCUT2D eigenvalue weighted by atomic mass is 10.1. The van der Waals surface area contributed by atoms with Gasteiger partial charge in [-0.1, -0.05) is 53.7 Å².